The van der Waals surface area contributed by atoms with Crippen molar-refractivity contribution in [3.8, 4) is 0 Å². The van der Waals surface area contributed by atoms with Crippen LogP contribution in [0.25, 0.3) is 0 Å². The van der Waals surface area contributed by atoms with Gasteiger partial charge < -0.3 is 34.3 Å². The van der Waals surface area contributed by atoms with Crippen LogP contribution in [0, 0.1) is 0 Å². The maximum atomic E-state index is 12.8. The number of rotatable bonds is 35. The molecule has 358 valence electrons. The second-order valence-electron chi connectivity index (χ2n) is 14.9. The van der Waals surface area contributed by atoms with E-state index in [4.69, 9.17) is 18.9 Å². The van der Waals surface area contributed by atoms with Crippen LogP contribution < -0.4 is 0 Å². The van der Waals surface area contributed by atoms with Gasteiger partial charge >= 0.3 is 11.9 Å². The molecular formula is C51H76O12S. The molecule has 0 aliphatic carbocycles. The van der Waals surface area contributed by atoms with Crippen LogP contribution in [0.2, 0.25) is 0 Å². The Balaban J connectivity index is 2.55. The molecule has 12 nitrogen and oxygen atoms in total. The fourth-order valence-electron chi connectivity index (χ4n) is 5.79. The standard InChI is InChI=1S/C51H76O12S/c1-3-5-7-9-11-13-15-17-19-21-22-24-25-27-29-31-33-35-37-39-46(52)60-41-44(42-61-51-50(56)49(55)48(54)45(63-51)43-64(57,58)59)62-47(53)40-38-36-34-32-30-28-26-23-20-18-16-14-12-10-8-6-4-2/h5-8,11-14,17-20,22,24,26-29,32-35,44-45,48-51,54-56H,3-4,9-10,15-16,21,23,25,30-31,36-43H2,1-2H3,(H,57,58,59)/b7-5+,8-6+,13-11+,14-12+,19-17+,20-18+,24-22+,28-26+,29-27+,34-32+,35-33+/t44-,45-,48-,49?,50?,51+/m1/s1. The Morgan fingerprint density at radius 3 is 1.36 bits per heavy atom. The normalized spacial score (nSPS) is 20.9. The molecule has 0 saturated carbocycles. The zero-order chi connectivity index (χ0) is 46.9. The Morgan fingerprint density at radius 2 is 0.938 bits per heavy atom. The average molecular weight is 913 g/mol. The van der Waals surface area contributed by atoms with Gasteiger partial charge in [-0.05, 0) is 89.9 Å². The van der Waals surface area contributed by atoms with Crippen LogP contribution in [-0.2, 0) is 38.7 Å². The number of hydrogen-bond acceptors (Lipinski definition) is 11. The number of esters is 2. The molecule has 0 aromatic rings. The molecule has 4 N–H and O–H groups in total. The molecular weight excluding hydrogens is 837 g/mol. The highest BCUT2D eigenvalue weighted by molar-refractivity contribution is 7.85. The molecule has 1 fully saturated rings. The first-order valence-corrected chi connectivity index (χ1v) is 24.4. The van der Waals surface area contributed by atoms with Gasteiger partial charge in [0.15, 0.2) is 12.4 Å². The molecule has 0 aromatic heterocycles. The van der Waals surface area contributed by atoms with Gasteiger partial charge in [-0.2, -0.15) is 8.42 Å². The van der Waals surface area contributed by atoms with Crippen molar-refractivity contribution >= 4 is 22.1 Å². The number of aliphatic hydroxyl groups excluding tert-OH is 3. The van der Waals surface area contributed by atoms with Crippen molar-refractivity contribution in [3.63, 3.8) is 0 Å². The molecule has 1 aliphatic heterocycles. The summed E-state index contributed by atoms with van der Waals surface area (Å²) in [6, 6.07) is 0. The molecule has 1 aliphatic rings. The maximum Gasteiger partial charge on any atom is 0.306 e. The molecule has 0 aromatic carbocycles. The van der Waals surface area contributed by atoms with E-state index in [1.807, 2.05) is 30.4 Å². The van der Waals surface area contributed by atoms with E-state index in [1.165, 1.54) is 0 Å². The minimum atomic E-state index is -4.63. The van der Waals surface area contributed by atoms with E-state index in [0.717, 1.165) is 64.2 Å². The summed E-state index contributed by atoms with van der Waals surface area (Å²) < 4.78 is 53.9. The van der Waals surface area contributed by atoms with Crippen LogP contribution >= 0.6 is 0 Å². The van der Waals surface area contributed by atoms with Crippen LogP contribution in [0.3, 0.4) is 0 Å². The lowest BCUT2D eigenvalue weighted by Gasteiger charge is -2.40. The number of ether oxygens (including phenoxy) is 4. The van der Waals surface area contributed by atoms with E-state index in [0.29, 0.717) is 25.7 Å². The van der Waals surface area contributed by atoms with Gasteiger partial charge in [0.1, 0.15) is 36.8 Å². The molecule has 0 amide bonds. The van der Waals surface area contributed by atoms with Gasteiger partial charge in [0.2, 0.25) is 0 Å². The second kappa shape index (κ2) is 39.2. The summed E-state index contributed by atoms with van der Waals surface area (Å²) in [5.74, 6) is -2.19. The van der Waals surface area contributed by atoms with E-state index in [2.05, 4.69) is 117 Å². The number of hydrogen-bond donors (Lipinski definition) is 4. The molecule has 0 spiro atoms. The van der Waals surface area contributed by atoms with Crippen LogP contribution in [0.15, 0.2) is 134 Å². The summed E-state index contributed by atoms with van der Waals surface area (Å²) >= 11 is 0. The largest absolute Gasteiger partial charge is 0.462 e. The molecule has 1 heterocycles. The van der Waals surface area contributed by atoms with E-state index < -0.39 is 71.2 Å². The van der Waals surface area contributed by atoms with E-state index in [9.17, 15) is 37.9 Å². The van der Waals surface area contributed by atoms with Crippen LogP contribution in [0.5, 0.6) is 0 Å². The molecule has 1 saturated heterocycles. The summed E-state index contributed by atoms with van der Waals surface area (Å²) in [4.78, 5) is 25.4. The SMILES string of the molecule is CC/C=C/C/C=C/C/C=C/C/C=C/C/C=C/C/C=C/CCC(=O)OC[C@H](CO[C@H]1O[C@H](CS(=O)(=O)O)[C@@H](O)C(O)C1O)OC(=O)CCC/C=C/C/C=C/C/C=C/C/C=C/C/C=C/CC. The molecule has 1 rings (SSSR count). The topological polar surface area (TPSA) is 186 Å². The highest BCUT2D eigenvalue weighted by atomic mass is 32.2. The Labute approximate surface area is 383 Å². The van der Waals surface area contributed by atoms with Gasteiger partial charge in [-0.15, -0.1) is 0 Å². The highest BCUT2D eigenvalue weighted by Gasteiger charge is 2.46. The van der Waals surface area contributed by atoms with Crippen molar-refractivity contribution in [2.45, 2.75) is 153 Å². The fourth-order valence-corrected chi connectivity index (χ4v) is 6.49. The van der Waals surface area contributed by atoms with Gasteiger partial charge in [-0.25, -0.2) is 0 Å². The second-order valence-corrected chi connectivity index (χ2v) is 16.4. The van der Waals surface area contributed by atoms with Crippen molar-refractivity contribution in [1.29, 1.82) is 0 Å². The summed E-state index contributed by atoms with van der Waals surface area (Å²) in [5.41, 5.74) is 0. The van der Waals surface area contributed by atoms with E-state index in [-0.39, 0.29) is 19.4 Å². The van der Waals surface area contributed by atoms with Gasteiger partial charge in [-0.3, -0.25) is 14.1 Å². The monoisotopic (exact) mass is 913 g/mol. The highest BCUT2D eigenvalue weighted by Crippen LogP contribution is 2.23. The predicted octanol–water partition coefficient (Wildman–Crippen LogP) is 9.55. The molecule has 64 heavy (non-hydrogen) atoms. The number of allylic oxidation sites excluding steroid dienone is 22. The van der Waals surface area contributed by atoms with Crippen molar-refractivity contribution in [3.05, 3.63) is 134 Å². The first-order chi connectivity index (χ1) is 31.0. The van der Waals surface area contributed by atoms with Crippen LogP contribution in [-0.4, -0.2) is 96.0 Å². The zero-order valence-corrected chi connectivity index (χ0v) is 38.9. The zero-order valence-electron chi connectivity index (χ0n) is 38.1. The number of unbranched alkanes of at least 4 members (excludes halogenated alkanes) is 1. The van der Waals surface area contributed by atoms with Crippen molar-refractivity contribution in [2.24, 2.45) is 0 Å². The van der Waals surface area contributed by atoms with Gasteiger partial charge in [0, 0.05) is 12.8 Å². The minimum absolute atomic E-state index is 0.0608. The summed E-state index contributed by atoms with van der Waals surface area (Å²) in [7, 11) is -4.63. The predicted molar refractivity (Wildman–Crippen MR) is 256 cm³/mol. The Hall–Kier alpha value is -4.21. The lowest BCUT2D eigenvalue weighted by Crippen LogP contribution is -2.60. The maximum absolute atomic E-state index is 12.8. The number of aliphatic hydroxyl groups is 3. The first kappa shape index (κ1) is 57.8. The number of carbonyl (C=O) groups is 2. The number of carbonyl (C=O) groups excluding carboxylic acids is 2. The third-order valence-corrected chi connectivity index (χ3v) is 9.99. The fraction of sp³-hybridized carbons (Fsp3) is 0.529. The third kappa shape index (κ3) is 33.3. The van der Waals surface area contributed by atoms with Gasteiger partial charge in [0.25, 0.3) is 10.1 Å². The Kier molecular flexibility index (Phi) is 35.4. The average Bonchev–Trinajstić information content (AvgIpc) is 3.26. The lowest BCUT2D eigenvalue weighted by atomic mass is 10.00. The smallest absolute Gasteiger partial charge is 0.306 e. The molecule has 13 heteroatoms. The van der Waals surface area contributed by atoms with Crippen molar-refractivity contribution < 1.29 is 56.8 Å². The minimum Gasteiger partial charge on any atom is -0.462 e. The van der Waals surface area contributed by atoms with Gasteiger partial charge in [0.05, 0.1) is 6.61 Å². The molecule has 0 bridgehead atoms. The van der Waals surface area contributed by atoms with Crippen molar-refractivity contribution in [1.82, 2.24) is 0 Å². The molecule has 0 radical (unpaired) electrons. The summed E-state index contributed by atoms with van der Waals surface area (Å²) in [5, 5.41) is 30.9. The Bertz CT molecular complexity index is 1680. The van der Waals surface area contributed by atoms with Gasteiger partial charge in [-0.1, -0.05) is 148 Å². The van der Waals surface area contributed by atoms with Crippen LogP contribution in [0.4, 0.5) is 0 Å². The summed E-state index contributed by atoms with van der Waals surface area (Å²) in [6.07, 6.45) is 48.0. The summed E-state index contributed by atoms with van der Waals surface area (Å²) in [6.45, 7) is 3.39. The quantitative estimate of drug-likeness (QED) is 0.0205. The molecule has 2 unspecified atom stereocenters. The first-order valence-electron chi connectivity index (χ1n) is 22.7. The van der Waals surface area contributed by atoms with Crippen molar-refractivity contribution in [2.75, 3.05) is 19.0 Å². The third-order valence-electron chi connectivity index (χ3n) is 9.24. The molecule has 6 atom stereocenters. The Morgan fingerprint density at radius 1 is 0.531 bits per heavy atom. The lowest BCUT2D eigenvalue weighted by molar-refractivity contribution is -0.297. The van der Waals surface area contributed by atoms with E-state index >= 15 is 0 Å². The van der Waals surface area contributed by atoms with Crippen LogP contribution in [0.1, 0.15) is 117 Å². The van der Waals surface area contributed by atoms with E-state index in [1.54, 1.807) is 0 Å².